The Hall–Kier alpha value is -0.960. The van der Waals surface area contributed by atoms with Gasteiger partial charge in [-0.2, -0.15) is 0 Å². The Labute approximate surface area is 81.7 Å². The molecule has 3 heteroatoms. The van der Waals surface area contributed by atoms with Crippen LogP contribution < -0.4 is 0 Å². The fraction of sp³-hybridized carbons (Fsp3) is 0.400. The molecule has 0 aliphatic carbocycles. The van der Waals surface area contributed by atoms with Gasteiger partial charge in [0.1, 0.15) is 5.82 Å². The van der Waals surface area contributed by atoms with Crippen LogP contribution in [0.3, 0.4) is 0 Å². The van der Waals surface area contributed by atoms with Gasteiger partial charge in [-0.25, -0.2) is 9.97 Å². The molecular formula is C10H12N2S. The van der Waals surface area contributed by atoms with Gasteiger partial charge < -0.3 is 0 Å². The van der Waals surface area contributed by atoms with Crippen LogP contribution in [0.5, 0.6) is 0 Å². The highest BCUT2D eigenvalue weighted by molar-refractivity contribution is 7.17. The highest BCUT2D eigenvalue weighted by Crippen LogP contribution is 2.22. The van der Waals surface area contributed by atoms with E-state index in [-0.39, 0.29) is 5.41 Å². The van der Waals surface area contributed by atoms with E-state index in [9.17, 15) is 0 Å². The van der Waals surface area contributed by atoms with Gasteiger partial charge in [0.05, 0.1) is 10.2 Å². The van der Waals surface area contributed by atoms with Crippen LogP contribution in [0, 0.1) is 0 Å². The summed E-state index contributed by atoms with van der Waals surface area (Å²) < 4.78 is 1.16. The molecule has 2 heterocycles. The van der Waals surface area contributed by atoms with E-state index in [0.717, 1.165) is 16.0 Å². The van der Waals surface area contributed by atoms with E-state index in [0.29, 0.717) is 0 Å². The number of rotatable bonds is 0. The van der Waals surface area contributed by atoms with Crippen LogP contribution in [-0.4, -0.2) is 9.97 Å². The van der Waals surface area contributed by atoms with Gasteiger partial charge >= 0.3 is 0 Å². The van der Waals surface area contributed by atoms with E-state index < -0.39 is 0 Å². The van der Waals surface area contributed by atoms with Crippen LogP contribution in [0.2, 0.25) is 0 Å². The quantitative estimate of drug-likeness (QED) is 0.641. The molecule has 0 bridgehead atoms. The van der Waals surface area contributed by atoms with Crippen LogP contribution >= 0.6 is 11.3 Å². The van der Waals surface area contributed by atoms with Gasteiger partial charge in [0.2, 0.25) is 0 Å². The predicted molar refractivity (Wildman–Crippen MR) is 56.1 cm³/mol. The average Bonchev–Trinajstić information content (AvgIpc) is 2.47. The number of hydrogen-bond donors (Lipinski definition) is 0. The van der Waals surface area contributed by atoms with Crippen LogP contribution in [0.1, 0.15) is 26.6 Å². The lowest BCUT2D eigenvalue weighted by atomic mass is 9.96. The topological polar surface area (TPSA) is 25.8 Å². The summed E-state index contributed by atoms with van der Waals surface area (Å²) in [5, 5.41) is 2.05. The molecule has 2 rings (SSSR count). The van der Waals surface area contributed by atoms with Crippen molar-refractivity contribution < 1.29 is 0 Å². The fourth-order valence-corrected chi connectivity index (χ4v) is 1.82. The molecule has 0 unspecified atom stereocenters. The van der Waals surface area contributed by atoms with Crippen LogP contribution in [-0.2, 0) is 5.41 Å². The van der Waals surface area contributed by atoms with Crippen LogP contribution in [0.15, 0.2) is 17.6 Å². The van der Waals surface area contributed by atoms with Gasteiger partial charge in [-0.3, -0.25) is 0 Å². The van der Waals surface area contributed by atoms with Crippen molar-refractivity contribution in [3.63, 3.8) is 0 Å². The number of aromatic nitrogens is 2. The standard InChI is InChI=1S/C10H12N2S/c1-10(2,3)9-11-6-8-7(12-9)4-5-13-8/h4-6H,1-3H3. The zero-order valence-electron chi connectivity index (χ0n) is 8.03. The van der Waals surface area contributed by atoms with Crippen LogP contribution in [0.25, 0.3) is 10.2 Å². The lowest BCUT2D eigenvalue weighted by molar-refractivity contribution is 0.548. The highest BCUT2D eigenvalue weighted by atomic mass is 32.1. The van der Waals surface area contributed by atoms with Crippen molar-refractivity contribution in [2.75, 3.05) is 0 Å². The van der Waals surface area contributed by atoms with Gasteiger partial charge in [0.25, 0.3) is 0 Å². The van der Waals surface area contributed by atoms with E-state index in [1.807, 2.05) is 17.6 Å². The first-order chi connectivity index (χ1) is 6.07. The number of hydrogen-bond acceptors (Lipinski definition) is 3. The van der Waals surface area contributed by atoms with Crippen molar-refractivity contribution in [1.82, 2.24) is 9.97 Å². The van der Waals surface area contributed by atoms with Crippen molar-refractivity contribution in [2.24, 2.45) is 0 Å². The normalized spacial score (nSPS) is 12.2. The van der Waals surface area contributed by atoms with Gasteiger partial charge in [0.15, 0.2) is 0 Å². The van der Waals surface area contributed by atoms with Crippen LogP contribution in [0.4, 0.5) is 0 Å². The maximum Gasteiger partial charge on any atom is 0.134 e. The minimum Gasteiger partial charge on any atom is -0.239 e. The van der Waals surface area contributed by atoms with E-state index in [1.165, 1.54) is 0 Å². The van der Waals surface area contributed by atoms with Gasteiger partial charge in [0, 0.05) is 11.6 Å². The largest absolute Gasteiger partial charge is 0.239 e. The Morgan fingerprint density at radius 2 is 2.08 bits per heavy atom. The predicted octanol–water partition coefficient (Wildman–Crippen LogP) is 2.99. The molecule has 0 aliphatic rings. The molecule has 0 amide bonds. The fourth-order valence-electron chi connectivity index (χ4n) is 1.13. The van der Waals surface area contributed by atoms with Gasteiger partial charge in [-0.1, -0.05) is 20.8 Å². The molecule has 0 radical (unpaired) electrons. The molecule has 68 valence electrons. The Balaban J connectivity index is 2.61. The third-order valence-corrected chi connectivity index (χ3v) is 2.72. The monoisotopic (exact) mass is 192 g/mol. The van der Waals surface area contributed by atoms with E-state index in [2.05, 4.69) is 30.7 Å². The molecule has 0 saturated carbocycles. The summed E-state index contributed by atoms with van der Waals surface area (Å²) in [5.74, 6) is 0.915. The van der Waals surface area contributed by atoms with Crippen molar-refractivity contribution in [1.29, 1.82) is 0 Å². The zero-order valence-corrected chi connectivity index (χ0v) is 8.85. The van der Waals surface area contributed by atoms with E-state index in [4.69, 9.17) is 0 Å². The number of fused-ring (bicyclic) bond motifs is 1. The summed E-state index contributed by atoms with van der Waals surface area (Å²) in [6.45, 7) is 6.38. The molecule has 0 atom stereocenters. The zero-order chi connectivity index (χ0) is 9.47. The molecule has 0 N–H and O–H groups in total. The van der Waals surface area contributed by atoms with Crippen molar-refractivity contribution in [3.8, 4) is 0 Å². The third-order valence-electron chi connectivity index (χ3n) is 1.87. The summed E-state index contributed by atoms with van der Waals surface area (Å²) in [5.41, 5.74) is 1.10. The first kappa shape index (κ1) is 8.63. The smallest absolute Gasteiger partial charge is 0.134 e. The van der Waals surface area contributed by atoms with Gasteiger partial charge in [-0.05, 0) is 11.4 Å². The number of thiophene rings is 1. The summed E-state index contributed by atoms with van der Waals surface area (Å²) in [6.07, 6.45) is 1.91. The third kappa shape index (κ3) is 1.56. The summed E-state index contributed by atoms with van der Waals surface area (Å²) >= 11 is 1.68. The summed E-state index contributed by atoms with van der Waals surface area (Å²) in [7, 11) is 0. The molecule has 2 aromatic rings. The summed E-state index contributed by atoms with van der Waals surface area (Å²) in [6, 6.07) is 2.04. The second-order valence-electron chi connectivity index (χ2n) is 4.11. The Morgan fingerprint density at radius 3 is 2.77 bits per heavy atom. The highest BCUT2D eigenvalue weighted by Gasteiger charge is 2.17. The molecule has 0 aromatic carbocycles. The van der Waals surface area contributed by atoms with E-state index in [1.54, 1.807) is 11.3 Å². The molecular weight excluding hydrogens is 180 g/mol. The summed E-state index contributed by atoms with van der Waals surface area (Å²) in [4.78, 5) is 8.86. The van der Waals surface area contributed by atoms with Crippen molar-refractivity contribution in [3.05, 3.63) is 23.5 Å². The SMILES string of the molecule is CC(C)(C)c1ncc2sccc2n1. The molecule has 0 aliphatic heterocycles. The maximum absolute atomic E-state index is 4.51. The average molecular weight is 192 g/mol. The first-order valence-corrected chi connectivity index (χ1v) is 5.16. The van der Waals surface area contributed by atoms with E-state index >= 15 is 0 Å². The Morgan fingerprint density at radius 1 is 1.31 bits per heavy atom. The van der Waals surface area contributed by atoms with Gasteiger partial charge in [-0.15, -0.1) is 11.3 Å². The lowest BCUT2D eigenvalue weighted by Crippen LogP contribution is -2.15. The second-order valence-corrected chi connectivity index (χ2v) is 5.06. The minimum atomic E-state index is 0.0378. The second kappa shape index (κ2) is 2.77. The maximum atomic E-state index is 4.51. The van der Waals surface area contributed by atoms with Crippen molar-refractivity contribution in [2.45, 2.75) is 26.2 Å². The molecule has 2 aromatic heterocycles. The lowest BCUT2D eigenvalue weighted by Gasteiger charge is -2.15. The first-order valence-electron chi connectivity index (χ1n) is 4.28. The molecule has 0 saturated heterocycles. The molecule has 2 nitrogen and oxygen atoms in total. The van der Waals surface area contributed by atoms with Crippen molar-refractivity contribution >= 4 is 21.6 Å². The number of nitrogens with zero attached hydrogens (tertiary/aromatic N) is 2. The Bertz CT molecular complexity index is 426. The molecule has 13 heavy (non-hydrogen) atoms. The minimum absolute atomic E-state index is 0.0378. The molecule has 0 spiro atoms. The Kier molecular flexibility index (Phi) is 1.84. The molecule has 0 fully saturated rings.